The normalized spacial score (nSPS) is 17.0. The Morgan fingerprint density at radius 1 is 1.14 bits per heavy atom. The number of nitrogens with zero attached hydrogens (tertiary/aromatic N) is 2. The number of hydrogen-bond acceptors (Lipinski definition) is 3. The molecule has 4 rings (SSSR count). The zero-order valence-electron chi connectivity index (χ0n) is 11.6. The number of epoxide rings is 1. The van der Waals surface area contributed by atoms with Crippen molar-refractivity contribution >= 4 is 10.9 Å². The molecular formula is C17H16N2O2. The minimum Gasteiger partial charge on any atom is -0.490 e. The highest BCUT2D eigenvalue weighted by atomic mass is 16.6. The molecule has 0 N–H and O–H groups in total. The van der Waals surface area contributed by atoms with Gasteiger partial charge in [-0.25, -0.2) is 0 Å². The molecule has 1 aromatic heterocycles. The van der Waals surface area contributed by atoms with E-state index in [0.717, 1.165) is 29.8 Å². The molecule has 2 heterocycles. The van der Waals surface area contributed by atoms with Gasteiger partial charge in [-0.15, -0.1) is 0 Å². The third-order valence-corrected chi connectivity index (χ3v) is 3.57. The first kappa shape index (κ1) is 12.4. The molecule has 0 saturated carbocycles. The Hall–Kier alpha value is -2.33. The van der Waals surface area contributed by atoms with Crippen molar-refractivity contribution in [2.24, 2.45) is 0 Å². The Morgan fingerprint density at radius 3 is 2.81 bits per heavy atom. The number of fused-ring (bicyclic) bond motifs is 1. The quantitative estimate of drug-likeness (QED) is 0.675. The van der Waals surface area contributed by atoms with E-state index in [-0.39, 0.29) is 6.10 Å². The molecule has 4 nitrogen and oxygen atoms in total. The second-order valence-electron chi connectivity index (χ2n) is 5.27. The molecule has 0 bridgehead atoms. The molecule has 1 aliphatic rings. The second kappa shape index (κ2) is 5.22. The van der Waals surface area contributed by atoms with E-state index in [1.54, 1.807) is 0 Å². The van der Waals surface area contributed by atoms with E-state index >= 15 is 0 Å². The number of hydrogen-bond donors (Lipinski definition) is 0. The fraction of sp³-hybridized carbons (Fsp3) is 0.235. The van der Waals surface area contributed by atoms with Crippen LogP contribution in [0.1, 0.15) is 5.56 Å². The predicted molar refractivity (Wildman–Crippen MR) is 80.5 cm³/mol. The van der Waals surface area contributed by atoms with E-state index in [1.807, 2.05) is 47.3 Å². The van der Waals surface area contributed by atoms with Crippen LogP contribution in [0.5, 0.6) is 5.75 Å². The Kier molecular flexibility index (Phi) is 3.09. The molecule has 1 atom stereocenters. The molecule has 4 heteroatoms. The van der Waals surface area contributed by atoms with E-state index in [2.05, 4.69) is 17.2 Å². The zero-order chi connectivity index (χ0) is 14.1. The van der Waals surface area contributed by atoms with Gasteiger partial charge in [0.15, 0.2) is 0 Å². The lowest BCUT2D eigenvalue weighted by Crippen LogP contribution is -2.03. The Balaban J connectivity index is 1.60. The van der Waals surface area contributed by atoms with Crippen LogP contribution in [0.3, 0.4) is 0 Å². The van der Waals surface area contributed by atoms with Crippen molar-refractivity contribution in [1.29, 1.82) is 0 Å². The minimum absolute atomic E-state index is 0.264. The van der Waals surface area contributed by atoms with E-state index in [9.17, 15) is 0 Å². The summed E-state index contributed by atoms with van der Waals surface area (Å²) in [6.45, 7) is 2.19. The maximum absolute atomic E-state index is 5.83. The monoisotopic (exact) mass is 280 g/mol. The third-order valence-electron chi connectivity index (χ3n) is 3.57. The van der Waals surface area contributed by atoms with Crippen molar-refractivity contribution in [3.63, 3.8) is 0 Å². The molecular weight excluding hydrogens is 264 g/mol. The molecule has 1 aliphatic heterocycles. The Bertz CT molecular complexity index is 748. The van der Waals surface area contributed by atoms with Crippen molar-refractivity contribution in [3.8, 4) is 5.75 Å². The summed E-state index contributed by atoms with van der Waals surface area (Å²) >= 11 is 0. The van der Waals surface area contributed by atoms with Gasteiger partial charge in [0.25, 0.3) is 0 Å². The fourth-order valence-electron chi connectivity index (χ4n) is 2.39. The van der Waals surface area contributed by atoms with Crippen molar-refractivity contribution < 1.29 is 9.47 Å². The topological polar surface area (TPSA) is 39.6 Å². The smallest absolute Gasteiger partial charge is 0.130 e. The van der Waals surface area contributed by atoms with Crippen LogP contribution < -0.4 is 4.74 Å². The highest BCUT2D eigenvalue weighted by molar-refractivity contribution is 5.84. The molecule has 0 spiro atoms. The SMILES string of the molecule is c1ccc(Cn2cc3c(OCC4CO4)cccc3n2)cc1. The van der Waals surface area contributed by atoms with E-state index in [1.165, 1.54) is 5.56 Å². The maximum atomic E-state index is 5.83. The summed E-state index contributed by atoms with van der Waals surface area (Å²) in [5, 5.41) is 5.67. The molecule has 0 amide bonds. The van der Waals surface area contributed by atoms with Gasteiger partial charge in [0.2, 0.25) is 0 Å². The van der Waals surface area contributed by atoms with E-state index < -0.39 is 0 Å². The summed E-state index contributed by atoms with van der Waals surface area (Å²) in [5.41, 5.74) is 2.19. The first-order valence-electron chi connectivity index (χ1n) is 7.13. The highest BCUT2D eigenvalue weighted by Gasteiger charge is 2.23. The van der Waals surface area contributed by atoms with Crippen LogP contribution >= 0.6 is 0 Å². The molecule has 1 saturated heterocycles. The lowest BCUT2D eigenvalue weighted by atomic mass is 10.2. The van der Waals surface area contributed by atoms with Crippen LogP contribution in [0.15, 0.2) is 54.7 Å². The summed E-state index contributed by atoms with van der Waals surface area (Å²) in [4.78, 5) is 0. The summed E-state index contributed by atoms with van der Waals surface area (Å²) in [6, 6.07) is 16.3. The second-order valence-corrected chi connectivity index (χ2v) is 5.27. The highest BCUT2D eigenvalue weighted by Crippen LogP contribution is 2.26. The Morgan fingerprint density at radius 2 is 2.00 bits per heavy atom. The van der Waals surface area contributed by atoms with Gasteiger partial charge in [-0.1, -0.05) is 36.4 Å². The fourth-order valence-corrected chi connectivity index (χ4v) is 2.39. The summed E-state index contributed by atoms with van der Waals surface area (Å²) in [7, 11) is 0. The van der Waals surface area contributed by atoms with Gasteiger partial charge in [0.05, 0.1) is 24.1 Å². The van der Waals surface area contributed by atoms with Gasteiger partial charge in [0, 0.05) is 6.20 Å². The molecule has 21 heavy (non-hydrogen) atoms. The van der Waals surface area contributed by atoms with Crippen molar-refractivity contribution in [2.45, 2.75) is 12.6 Å². The van der Waals surface area contributed by atoms with Gasteiger partial charge < -0.3 is 9.47 Å². The van der Waals surface area contributed by atoms with Crippen LogP contribution in [0.4, 0.5) is 0 Å². The van der Waals surface area contributed by atoms with Gasteiger partial charge >= 0.3 is 0 Å². The number of ether oxygens (including phenoxy) is 2. The van der Waals surface area contributed by atoms with Crippen molar-refractivity contribution in [3.05, 3.63) is 60.3 Å². The first-order chi connectivity index (χ1) is 10.4. The maximum Gasteiger partial charge on any atom is 0.130 e. The lowest BCUT2D eigenvalue weighted by Gasteiger charge is -2.04. The van der Waals surface area contributed by atoms with E-state index in [0.29, 0.717) is 6.61 Å². The zero-order valence-corrected chi connectivity index (χ0v) is 11.6. The minimum atomic E-state index is 0.264. The third kappa shape index (κ3) is 2.76. The molecule has 0 radical (unpaired) electrons. The summed E-state index contributed by atoms with van der Waals surface area (Å²) in [6.07, 6.45) is 2.31. The van der Waals surface area contributed by atoms with E-state index in [4.69, 9.17) is 9.47 Å². The van der Waals surface area contributed by atoms with Crippen LogP contribution in [0.2, 0.25) is 0 Å². The molecule has 106 valence electrons. The average Bonchev–Trinajstić information content (AvgIpc) is 3.25. The van der Waals surface area contributed by atoms with Gasteiger partial charge in [0.1, 0.15) is 18.5 Å². The number of benzene rings is 2. The summed E-state index contributed by atoms with van der Waals surface area (Å²) < 4.78 is 13.0. The number of rotatable bonds is 5. The molecule has 1 fully saturated rings. The van der Waals surface area contributed by atoms with Gasteiger partial charge in [-0.2, -0.15) is 5.10 Å². The standard InChI is InChI=1S/C17H16N2O2/c1-2-5-13(6-3-1)9-19-10-15-16(18-19)7-4-8-17(15)21-12-14-11-20-14/h1-8,10,14H,9,11-12H2. The molecule has 2 aromatic carbocycles. The largest absolute Gasteiger partial charge is 0.490 e. The average molecular weight is 280 g/mol. The van der Waals surface area contributed by atoms with Crippen LogP contribution in [-0.2, 0) is 11.3 Å². The van der Waals surface area contributed by atoms with Crippen LogP contribution in [-0.4, -0.2) is 29.1 Å². The summed E-state index contributed by atoms with van der Waals surface area (Å²) in [5.74, 6) is 0.877. The Labute approximate surface area is 122 Å². The van der Waals surface area contributed by atoms with Crippen LogP contribution in [0, 0.1) is 0 Å². The predicted octanol–water partition coefficient (Wildman–Crippen LogP) is 2.86. The van der Waals surface area contributed by atoms with Gasteiger partial charge in [-0.3, -0.25) is 4.68 Å². The molecule has 3 aromatic rings. The first-order valence-corrected chi connectivity index (χ1v) is 7.13. The lowest BCUT2D eigenvalue weighted by molar-refractivity contribution is 0.265. The number of aromatic nitrogens is 2. The van der Waals surface area contributed by atoms with Crippen LogP contribution in [0.25, 0.3) is 10.9 Å². The van der Waals surface area contributed by atoms with Crippen molar-refractivity contribution in [1.82, 2.24) is 9.78 Å². The van der Waals surface area contributed by atoms with Gasteiger partial charge in [-0.05, 0) is 17.7 Å². The molecule has 0 aliphatic carbocycles. The molecule has 1 unspecified atom stereocenters. The van der Waals surface area contributed by atoms with Crippen molar-refractivity contribution in [2.75, 3.05) is 13.2 Å².